The van der Waals surface area contributed by atoms with Crippen LogP contribution in [0.4, 0.5) is 0 Å². The number of carbonyl (C=O) groups excluding carboxylic acids is 1. The van der Waals surface area contributed by atoms with E-state index in [0.717, 1.165) is 43.3 Å². The Hall–Kier alpha value is -2.22. The molecule has 2 saturated carbocycles. The maximum Gasteiger partial charge on any atom is 0.226 e. The molecule has 0 aromatic carbocycles. The van der Waals surface area contributed by atoms with Gasteiger partial charge in [0.05, 0.1) is 24.0 Å². The first-order valence-corrected chi connectivity index (χ1v) is 12.4. The van der Waals surface area contributed by atoms with Crippen molar-refractivity contribution in [2.75, 3.05) is 19.6 Å². The van der Waals surface area contributed by atoms with E-state index < -0.39 is 0 Å². The number of nitrogens with zero attached hydrogens (tertiary/aromatic N) is 5. The first-order valence-electron chi connectivity index (χ1n) is 12.4. The zero-order valence-electron chi connectivity index (χ0n) is 19.4. The van der Waals surface area contributed by atoms with E-state index in [9.17, 15) is 4.79 Å². The van der Waals surface area contributed by atoms with E-state index in [2.05, 4.69) is 38.6 Å². The SMILES string of the molecule is C[C@H]1CN(CCC2CCC(NC(=O)Cc3cnn(C)n3)CC2)C[C@@H]1c1cc(C2CC2)on1. The van der Waals surface area contributed by atoms with Crippen LogP contribution in [0, 0.1) is 11.8 Å². The average molecular weight is 441 g/mol. The zero-order valence-corrected chi connectivity index (χ0v) is 19.4. The van der Waals surface area contributed by atoms with E-state index in [-0.39, 0.29) is 5.91 Å². The topological polar surface area (TPSA) is 89.1 Å². The lowest BCUT2D eigenvalue weighted by molar-refractivity contribution is -0.121. The van der Waals surface area contributed by atoms with Crippen molar-refractivity contribution in [3.05, 3.63) is 29.4 Å². The van der Waals surface area contributed by atoms with Gasteiger partial charge in [0.25, 0.3) is 0 Å². The van der Waals surface area contributed by atoms with Crippen molar-refractivity contribution in [3.8, 4) is 0 Å². The second-order valence-electron chi connectivity index (χ2n) is 10.3. The van der Waals surface area contributed by atoms with Crippen molar-refractivity contribution >= 4 is 5.91 Å². The van der Waals surface area contributed by atoms with Crippen molar-refractivity contribution in [2.24, 2.45) is 18.9 Å². The van der Waals surface area contributed by atoms with Crippen molar-refractivity contribution in [1.29, 1.82) is 0 Å². The number of amides is 1. The third-order valence-corrected chi connectivity index (χ3v) is 7.65. The summed E-state index contributed by atoms with van der Waals surface area (Å²) >= 11 is 0. The predicted octanol–water partition coefficient (Wildman–Crippen LogP) is 3.02. The van der Waals surface area contributed by atoms with Gasteiger partial charge in [-0.05, 0) is 63.3 Å². The Morgan fingerprint density at radius 2 is 2.00 bits per heavy atom. The van der Waals surface area contributed by atoms with E-state index >= 15 is 0 Å². The summed E-state index contributed by atoms with van der Waals surface area (Å²) in [5.41, 5.74) is 1.89. The van der Waals surface area contributed by atoms with Gasteiger partial charge in [-0.25, -0.2) is 0 Å². The van der Waals surface area contributed by atoms with Gasteiger partial charge >= 0.3 is 0 Å². The van der Waals surface area contributed by atoms with Crippen molar-refractivity contribution in [2.45, 2.75) is 76.2 Å². The summed E-state index contributed by atoms with van der Waals surface area (Å²) in [4.78, 5) is 16.4. The minimum absolute atomic E-state index is 0.0590. The van der Waals surface area contributed by atoms with Crippen LogP contribution in [-0.4, -0.2) is 56.6 Å². The van der Waals surface area contributed by atoms with Crippen LogP contribution in [0.15, 0.2) is 16.8 Å². The summed E-state index contributed by atoms with van der Waals surface area (Å²) in [6.45, 7) is 5.78. The lowest BCUT2D eigenvalue weighted by Gasteiger charge is -2.30. The van der Waals surface area contributed by atoms with E-state index in [0.29, 0.717) is 30.2 Å². The van der Waals surface area contributed by atoms with Gasteiger partial charge in [-0.1, -0.05) is 12.1 Å². The number of aryl methyl sites for hydroxylation is 1. The molecule has 1 saturated heterocycles. The van der Waals surface area contributed by atoms with Gasteiger partial charge in [0.1, 0.15) is 5.76 Å². The van der Waals surface area contributed by atoms with E-state index in [1.807, 2.05) is 0 Å². The summed E-state index contributed by atoms with van der Waals surface area (Å²) in [6, 6.07) is 2.53. The predicted molar refractivity (Wildman–Crippen MR) is 120 cm³/mol. The standard InChI is InChI=1S/C24H36N6O2/c1-16-14-30(15-21(16)22-12-23(32-28-22)18-5-6-18)10-9-17-3-7-19(8-4-17)26-24(31)11-20-13-25-29(2)27-20/h12-13,16-19,21H,3-11,14-15H2,1-2H3,(H,26,31)/t16-,17?,19?,21-/m0/s1. The molecule has 1 N–H and O–H groups in total. The highest BCUT2D eigenvalue weighted by molar-refractivity contribution is 5.78. The normalized spacial score (nSPS) is 28.8. The Balaban J connectivity index is 1.01. The zero-order chi connectivity index (χ0) is 22.1. The molecule has 3 aliphatic rings. The maximum atomic E-state index is 12.3. The fourth-order valence-corrected chi connectivity index (χ4v) is 5.55. The van der Waals surface area contributed by atoms with Crippen molar-refractivity contribution < 1.29 is 9.32 Å². The van der Waals surface area contributed by atoms with Gasteiger partial charge in [0.15, 0.2) is 0 Å². The second-order valence-corrected chi connectivity index (χ2v) is 10.3. The smallest absolute Gasteiger partial charge is 0.226 e. The molecule has 1 amide bonds. The van der Waals surface area contributed by atoms with Gasteiger partial charge in [0.2, 0.25) is 5.91 Å². The molecule has 174 valence electrons. The summed E-state index contributed by atoms with van der Waals surface area (Å²) in [5.74, 6) is 3.70. The minimum atomic E-state index is 0.0590. The fraction of sp³-hybridized carbons (Fsp3) is 0.750. The van der Waals surface area contributed by atoms with Crippen LogP contribution in [0.2, 0.25) is 0 Å². The van der Waals surface area contributed by atoms with Crippen molar-refractivity contribution in [3.63, 3.8) is 0 Å². The van der Waals surface area contributed by atoms with Gasteiger partial charge < -0.3 is 14.7 Å². The highest BCUT2D eigenvalue weighted by atomic mass is 16.5. The average Bonchev–Trinajstić information content (AvgIpc) is 3.17. The van der Waals surface area contributed by atoms with Crippen LogP contribution >= 0.6 is 0 Å². The number of rotatable bonds is 8. The lowest BCUT2D eigenvalue weighted by Crippen LogP contribution is -2.38. The monoisotopic (exact) mass is 440 g/mol. The summed E-state index contributed by atoms with van der Waals surface area (Å²) in [7, 11) is 1.77. The molecule has 3 fully saturated rings. The molecule has 0 unspecified atom stereocenters. The Morgan fingerprint density at radius 3 is 2.72 bits per heavy atom. The quantitative estimate of drug-likeness (QED) is 0.679. The van der Waals surface area contributed by atoms with Gasteiger partial charge in [-0.15, -0.1) is 0 Å². The van der Waals surface area contributed by atoms with E-state index in [1.54, 1.807) is 13.2 Å². The molecule has 2 aromatic heterocycles. The summed E-state index contributed by atoms with van der Waals surface area (Å²) < 4.78 is 5.61. The Morgan fingerprint density at radius 1 is 1.19 bits per heavy atom. The molecule has 0 spiro atoms. The molecule has 0 radical (unpaired) electrons. The second kappa shape index (κ2) is 9.33. The lowest BCUT2D eigenvalue weighted by atomic mass is 9.84. The van der Waals surface area contributed by atoms with Crippen LogP contribution in [0.25, 0.3) is 0 Å². The molecular weight excluding hydrogens is 404 g/mol. The Kier molecular flexibility index (Phi) is 6.31. The Bertz CT molecular complexity index is 911. The van der Waals surface area contributed by atoms with Crippen LogP contribution in [0.5, 0.6) is 0 Å². The highest BCUT2D eigenvalue weighted by Crippen LogP contribution is 2.42. The van der Waals surface area contributed by atoms with E-state index in [1.165, 1.54) is 49.1 Å². The third kappa shape index (κ3) is 5.22. The number of nitrogens with one attached hydrogen (secondary N) is 1. The van der Waals surface area contributed by atoms with Crippen LogP contribution in [0.1, 0.15) is 80.9 Å². The van der Waals surface area contributed by atoms with Crippen LogP contribution in [0.3, 0.4) is 0 Å². The van der Waals surface area contributed by atoms with Gasteiger partial charge in [-0.2, -0.15) is 15.0 Å². The van der Waals surface area contributed by atoms with Gasteiger partial charge in [0, 0.05) is 44.1 Å². The molecule has 8 heteroatoms. The van der Waals surface area contributed by atoms with Gasteiger partial charge in [-0.3, -0.25) is 4.79 Å². The summed E-state index contributed by atoms with van der Waals surface area (Å²) in [6.07, 6.45) is 10.3. The molecule has 32 heavy (non-hydrogen) atoms. The molecule has 5 rings (SSSR count). The fourth-order valence-electron chi connectivity index (χ4n) is 5.55. The Labute approximate surface area is 190 Å². The molecular formula is C24H36N6O2. The van der Waals surface area contributed by atoms with Crippen LogP contribution < -0.4 is 5.32 Å². The van der Waals surface area contributed by atoms with Crippen molar-refractivity contribution in [1.82, 2.24) is 30.4 Å². The number of hydrogen-bond donors (Lipinski definition) is 1. The molecule has 2 atom stereocenters. The first kappa shape index (κ1) is 21.6. The van der Waals surface area contributed by atoms with Crippen LogP contribution in [-0.2, 0) is 18.3 Å². The molecule has 3 heterocycles. The maximum absolute atomic E-state index is 12.3. The third-order valence-electron chi connectivity index (χ3n) is 7.65. The number of aromatic nitrogens is 4. The largest absolute Gasteiger partial charge is 0.361 e. The number of likely N-dealkylation sites (tertiary alicyclic amines) is 1. The number of carbonyl (C=O) groups is 1. The molecule has 2 aromatic rings. The molecule has 2 aliphatic carbocycles. The first-order chi connectivity index (χ1) is 15.5. The molecule has 0 bridgehead atoms. The van der Waals surface area contributed by atoms with E-state index in [4.69, 9.17) is 4.52 Å². The summed E-state index contributed by atoms with van der Waals surface area (Å²) in [5, 5.41) is 15.8. The molecule has 8 nitrogen and oxygen atoms in total. The highest BCUT2D eigenvalue weighted by Gasteiger charge is 2.35. The molecule has 1 aliphatic heterocycles. The minimum Gasteiger partial charge on any atom is -0.361 e. The number of hydrogen-bond acceptors (Lipinski definition) is 6.